The highest BCUT2D eigenvalue weighted by molar-refractivity contribution is 5.87. The third kappa shape index (κ3) is 3.36. The molecule has 4 rings (SSSR count). The highest BCUT2D eigenvalue weighted by Crippen LogP contribution is 2.27. The molecule has 2 aromatic heterocycles. The minimum Gasteiger partial charge on any atom is -0.489 e. The Morgan fingerprint density at radius 1 is 1.04 bits per heavy atom. The van der Waals surface area contributed by atoms with Crippen LogP contribution in [0, 0.1) is 0 Å². The van der Waals surface area contributed by atoms with Crippen molar-refractivity contribution in [3.05, 3.63) is 78.2 Å². The number of hydrogen-bond donors (Lipinski definition) is 3. The standard InChI is InChI=1S/C20H18N4O2/c25-11-15-10-16(24-20-19-17(8-9-21-19)22-13-23-20)6-7-18(15)26-12-14-4-2-1-3-5-14/h1-10,13,21,25H,11-12H2,(H,22,23,24). The molecule has 6 nitrogen and oxygen atoms in total. The van der Waals surface area contributed by atoms with E-state index in [9.17, 15) is 5.11 Å². The maximum atomic E-state index is 9.71. The third-order valence-corrected chi connectivity index (χ3v) is 4.08. The molecule has 0 unspecified atom stereocenters. The highest BCUT2D eigenvalue weighted by Gasteiger charge is 2.08. The molecule has 26 heavy (non-hydrogen) atoms. The van der Waals surface area contributed by atoms with Gasteiger partial charge in [0.1, 0.15) is 24.2 Å². The van der Waals surface area contributed by atoms with Gasteiger partial charge >= 0.3 is 0 Å². The van der Waals surface area contributed by atoms with Crippen LogP contribution in [0.25, 0.3) is 11.0 Å². The van der Waals surface area contributed by atoms with Crippen molar-refractivity contribution in [2.75, 3.05) is 5.32 Å². The predicted octanol–water partition coefficient (Wildman–Crippen LogP) is 3.77. The average molecular weight is 346 g/mol. The molecule has 0 aliphatic rings. The molecule has 4 aromatic rings. The van der Waals surface area contributed by atoms with Crippen molar-refractivity contribution < 1.29 is 9.84 Å². The van der Waals surface area contributed by atoms with E-state index in [2.05, 4.69) is 20.3 Å². The summed E-state index contributed by atoms with van der Waals surface area (Å²) in [6.07, 6.45) is 3.34. The Morgan fingerprint density at radius 3 is 2.77 bits per heavy atom. The van der Waals surface area contributed by atoms with Gasteiger partial charge in [-0.05, 0) is 29.8 Å². The van der Waals surface area contributed by atoms with Crippen LogP contribution < -0.4 is 10.1 Å². The molecule has 3 N–H and O–H groups in total. The van der Waals surface area contributed by atoms with E-state index in [0.717, 1.165) is 22.3 Å². The lowest BCUT2D eigenvalue weighted by molar-refractivity contribution is 0.259. The van der Waals surface area contributed by atoms with Crippen LogP contribution >= 0.6 is 0 Å². The Labute approximate surface area is 150 Å². The van der Waals surface area contributed by atoms with Crippen molar-refractivity contribution in [2.45, 2.75) is 13.2 Å². The van der Waals surface area contributed by atoms with Gasteiger partial charge in [0.25, 0.3) is 0 Å². The van der Waals surface area contributed by atoms with Crippen LogP contribution in [0.3, 0.4) is 0 Å². The molecule has 0 saturated heterocycles. The fourth-order valence-electron chi connectivity index (χ4n) is 2.76. The second kappa shape index (κ2) is 7.25. The molecule has 0 atom stereocenters. The number of H-pyrrole nitrogens is 1. The molecule has 0 spiro atoms. The van der Waals surface area contributed by atoms with Crippen molar-refractivity contribution in [3.8, 4) is 5.75 Å². The first-order valence-electron chi connectivity index (χ1n) is 8.29. The van der Waals surface area contributed by atoms with Gasteiger partial charge in [-0.1, -0.05) is 30.3 Å². The number of nitrogens with one attached hydrogen (secondary N) is 2. The average Bonchev–Trinajstić information content (AvgIpc) is 3.17. The molecule has 6 heteroatoms. The lowest BCUT2D eigenvalue weighted by Gasteiger charge is -2.13. The summed E-state index contributed by atoms with van der Waals surface area (Å²) in [4.78, 5) is 11.6. The van der Waals surface area contributed by atoms with Crippen LogP contribution in [0.1, 0.15) is 11.1 Å². The third-order valence-electron chi connectivity index (χ3n) is 4.08. The van der Waals surface area contributed by atoms with Crippen molar-refractivity contribution in [1.82, 2.24) is 15.0 Å². The quantitative estimate of drug-likeness (QED) is 0.495. The van der Waals surface area contributed by atoms with Crippen molar-refractivity contribution >= 4 is 22.5 Å². The molecule has 130 valence electrons. The number of fused-ring (bicyclic) bond motifs is 1. The number of ether oxygens (including phenoxy) is 1. The van der Waals surface area contributed by atoms with Gasteiger partial charge in [-0.3, -0.25) is 0 Å². The normalized spacial score (nSPS) is 10.8. The van der Waals surface area contributed by atoms with E-state index in [0.29, 0.717) is 23.7 Å². The summed E-state index contributed by atoms with van der Waals surface area (Å²) in [7, 11) is 0. The first-order chi connectivity index (χ1) is 12.8. The summed E-state index contributed by atoms with van der Waals surface area (Å²) in [6, 6.07) is 17.4. The van der Waals surface area contributed by atoms with Crippen LogP contribution in [0.4, 0.5) is 11.5 Å². The fraction of sp³-hybridized carbons (Fsp3) is 0.100. The SMILES string of the molecule is OCc1cc(Nc2ncnc3cc[nH]c23)ccc1OCc1ccccc1. The van der Waals surface area contributed by atoms with Crippen LogP contribution in [0.2, 0.25) is 0 Å². The highest BCUT2D eigenvalue weighted by atomic mass is 16.5. The molecule has 0 aliphatic heterocycles. The lowest BCUT2D eigenvalue weighted by atomic mass is 10.2. The first kappa shape index (κ1) is 16.1. The maximum absolute atomic E-state index is 9.71. The summed E-state index contributed by atoms with van der Waals surface area (Å²) < 4.78 is 5.86. The molecule has 0 radical (unpaired) electrons. The molecular weight excluding hydrogens is 328 g/mol. The van der Waals surface area contributed by atoms with E-state index >= 15 is 0 Å². The van der Waals surface area contributed by atoms with Gasteiger partial charge in [-0.15, -0.1) is 0 Å². The Balaban J connectivity index is 1.54. The van der Waals surface area contributed by atoms with E-state index in [1.54, 1.807) is 0 Å². The second-order valence-corrected chi connectivity index (χ2v) is 5.84. The summed E-state index contributed by atoms with van der Waals surface area (Å²) in [6.45, 7) is 0.344. The zero-order chi connectivity index (χ0) is 17.8. The van der Waals surface area contributed by atoms with Crippen molar-refractivity contribution in [3.63, 3.8) is 0 Å². The van der Waals surface area contributed by atoms with Gasteiger partial charge < -0.3 is 20.1 Å². The van der Waals surface area contributed by atoms with Gasteiger partial charge in [0, 0.05) is 17.4 Å². The van der Waals surface area contributed by atoms with E-state index < -0.39 is 0 Å². The number of nitrogens with zero attached hydrogens (tertiary/aromatic N) is 2. The zero-order valence-electron chi connectivity index (χ0n) is 14.0. The lowest BCUT2D eigenvalue weighted by Crippen LogP contribution is -2.01. The molecule has 0 bridgehead atoms. The number of aliphatic hydroxyl groups is 1. The summed E-state index contributed by atoms with van der Waals surface area (Å²) in [5.41, 5.74) is 4.28. The van der Waals surface area contributed by atoms with Crippen molar-refractivity contribution in [2.24, 2.45) is 0 Å². The summed E-state index contributed by atoms with van der Waals surface area (Å²) in [5, 5.41) is 13.0. The fourth-order valence-corrected chi connectivity index (χ4v) is 2.76. The van der Waals surface area contributed by atoms with Gasteiger partial charge in [0.2, 0.25) is 0 Å². The van der Waals surface area contributed by atoms with Crippen LogP contribution in [0.15, 0.2) is 67.1 Å². The Kier molecular flexibility index (Phi) is 4.49. The Morgan fingerprint density at radius 2 is 1.92 bits per heavy atom. The Hall–Kier alpha value is -3.38. The van der Waals surface area contributed by atoms with Crippen LogP contribution in [0.5, 0.6) is 5.75 Å². The molecule has 2 heterocycles. The van der Waals surface area contributed by atoms with Crippen LogP contribution in [-0.2, 0) is 13.2 Å². The monoisotopic (exact) mass is 346 g/mol. The molecular formula is C20H18N4O2. The number of aliphatic hydroxyl groups excluding tert-OH is 1. The van der Waals surface area contributed by atoms with Gasteiger partial charge in [0.05, 0.1) is 12.1 Å². The topological polar surface area (TPSA) is 83.1 Å². The number of aromatic nitrogens is 3. The minimum absolute atomic E-state index is 0.110. The number of hydrogen-bond acceptors (Lipinski definition) is 5. The molecule has 0 amide bonds. The molecule has 0 saturated carbocycles. The van der Waals surface area contributed by atoms with Crippen LogP contribution in [-0.4, -0.2) is 20.1 Å². The van der Waals surface area contributed by atoms with E-state index in [4.69, 9.17) is 4.74 Å². The number of rotatable bonds is 6. The summed E-state index contributed by atoms with van der Waals surface area (Å²) >= 11 is 0. The minimum atomic E-state index is -0.110. The van der Waals surface area contributed by atoms with Gasteiger partial charge in [-0.2, -0.15) is 0 Å². The molecule has 2 aromatic carbocycles. The van der Waals surface area contributed by atoms with Gasteiger partial charge in [-0.25, -0.2) is 9.97 Å². The maximum Gasteiger partial charge on any atom is 0.158 e. The largest absolute Gasteiger partial charge is 0.489 e. The molecule has 0 fully saturated rings. The first-order valence-corrected chi connectivity index (χ1v) is 8.29. The van der Waals surface area contributed by atoms with Gasteiger partial charge in [0.15, 0.2) is 5.82 Å². The van der Waals surface area contributed by atoms with E-state index in [-0.39, 0.29) is 6.61 Å². The number of aromatic amines is 1. The summed E-state index contributed by atoms with van der Waals surface area (Å²) in [5.74, 6) is 1.34. The van der Waals surface area contributed by atoms with E-state index in [1.807, 2.05) is 60.8 Å². The number of benzene rings is 2. The van der Waals surface area contributed by atoms with Crippen molar-refractivity contribution in [1.29, 1.82) is 0 Å². The number of anilines is 2. The second-order valence-electron chi connectivity index (χ2n) is 5.84. The molecule has 0 aliphatic carbocycles. The predicted molar refractivity (Wildman–Crippen MR) is 100 cm³/mol. The Bertz CT molecular complexity index is 1010. The zero-order valence-corrected chi connectivity index (χ0v) is 14.0. The van der Waals surface area contributed by atoms with E-state index in [1.165, 1.54) is 6.33 Å². The smallest absolute Gasteiger partial charge is 0.158 e.